The second-order valence-electron chi connectivity index (χ2n) is 6.00. The summed E-state index contributed by atoms with van der Waals surface area (Å²) in [4.78, 5) is 19.8. The Morgan fingerprint density at radius 3 is 3.00 bits per heavy atom. The number of nitrogens with one attached hydrogen (secondary N) is 2. The Kier molecular flexibility index (Phi) is 5.93. The normalized spacial score (nSPS) is 17.1. The van der Waals surface area contributed by atoms with Crippen LogP contribution in [-0.4, -0.2) is 40.9 Å². The van der Waals surface area contributed by atoms with Crippen LogP contribution in [0, 0.1) is 6.92 Å². The van der Waals surface area contributed by atoms with E-state index in [9.17, 15) is 4.79 Å². The zero-order chi connectivity index (χ0) is 16.8. The van der Waals surface area contributed by atoms with Crippen LogP contribution in [0.4, 0.5) is 0 Å². The second kappa shape index (κ2) is 8.35. The van der Waals surface area contributed by atoms with Crippen molar-refractivity contribution < 1.29 is 9.53 Å². The quantitative estimate of drug-likeness (QED) is 0.757. The van der Waals surface area contributed by atoms with Gasteiger partial charge in [-0.25, -0.2) is 4.98 Å². The number of ether oxygens (including phenoxy) is 1. The summed E-state index contributed by atoms with van der Waals surface area (Å²) in [5.74, 6) is 0.388. The van der Waals surface area contributed by atoms with Crippen LogP contribution in [0.5, 0.6) is 0 Å². The fourth-order valence-electron chi connectivity index (χ4n) is 2.71. The lowest BCUT2D eigenvalue weighted by atomic mass is 10.1. The average molecular weight is 345 g/mol. The summed E-state index contributed by atoms with van der Waals surface area (Å²) >= 11 is 1.44. The lowest BCUT2D eigenvalue weighted by Gasteiger charge is -2.10. The first-order valence-electron chi connectivity index (χ1n) is 8.31. The molecular weight excluding hydrogens is 322 g/mol. The number of carbonyl (C=O) groups excluding carboxylic acids is 1. The lowest BCUT2D eigenvalue weighted by molar-refractivity contribution is -0.119. The highest BCUT2D eigenvalue weighted by Crippen LogP contribution is 2.19. The Balaban J connectivity index is 1.47. The third-order valence-electron chi connectivity index (χ3n) is 4.07. The highest BCUT2D eigenvalue weighted by atomic mass is 32.2. The van der Waals surface area contributed by atoms with Gasteiger partial charge in [0.25, 0.3) is 0 Å². The number of imidazole rings is 1. The highest BCUT2D eigenvalue weighted by Gasteiger charge is 2.16. The van der Waals surface area contributed by atoms with Crippen molar-refractivity contribution in [2.75, 3.05) is 18.9 Å². The molecule has 3 rings (SSSR count). The molecule has 0 aliphatic carbocycles. The number of hydrogen-bond donors (Lipinski definition) is 2. The molecule has 1 aromatic carbocycles. The number of hydrogen-bond acceptors (Lipinski definition) is 4. The number of amides is 1. The summed E-state index contributed by atoms with van der Waals surface area (Å²) in [5, 5.41) is 3.73. The van der Waals surface area contributed by atoms with Gasteiger partial charge < -0.3 is 15.0 Å². The smallest absolute Gasteiger partial charge is 0.230 e. The molecule has 1 fully saturated rings. The molecule has 0 radical (unpaired) electrons. The zero-order valence-electron chi connectivity index (χ0n) is 13.9. The maximum absolute atomic E-state index is 11.9. The molecule has 1 aliphatic rings. The van der Waals surface area contributed by atoms with Crippen LogP contribution in [0.15, 0.2) is 35.5 Å². The van der Waals surface area contributed by atoms with Crippen molar-refractivity contribution >= 4 is 17.7 Å². The molecule has 6 heteroatoms. The predicted molar refractivity (Wildman–Crippen MR) is 95.3 cm³/mol. The Morgan fingerprint density at radius 1 is 1.42 bits per heavy atom. The molecule has 1 amide bonds. The molecule has 24 heavy (non-hydrogen) atoms. The first kappa shape index (κ1) is 17.0. The minimum Gasteiger partial charge on any atom is -0.376 e. The Bertz CT molecular complexity index is 666. The first-order valence-corrected chi connectivity index (χ1v) is 9.30. The van der Waals surface area contributed by atoms with Crippen LogP contribution in [-0.2, 0) is 16.0 Å². The number of aromatic amines is 1. The highest BCUT2D eigenvalue weighted by molar-refractivity contribution is 7.99. The van der Waals surface area contributed by atoms with E-state index >= 15 is 0 Å². The van der Waals surface area contributed by atoms with E-state index in [1.807, 2.05) is 25.1 Å². The Labute approximate surface area is 146 Å². The number of carbonyl (C=O) groups is 1. The molecule has 1 aromatic heterocycles. The second-order valence-corrected chi connectivity index (χ2v) is 6.97. The van der Waals surface area contributed by atoms with Crippen LogP contribution in [0.25, 0.3) is 0 Å². The van der Waals surface area contributed by atoms with Gasteiger partial charge in [-0.15, -0.1) is 0 Å². The van der Waals surface area contributed by atoms with Crippen molar-refractivity contribution in [3.8, 4) is 0 Å². The minimum absolute atomic E-state index is 0.0224. The molecular formula is C18H23N3O2S. The molecule has 0 spiro atoms. The summed E-state index contributed by atoms with van der Waals surface area (Å²) in [5.41, 5.74) is 3.32. The Morgan fingerprint density at radius 2 is 2.25 bits per heavy atom. The lowest BCUT2D eigenvalue weighted by Crippen LogP contribution is -2.32. The number of thioether (sulfide) groups is 1. The van der Waals surface area contributed by atoms with E-state index in [1.165, 1.54) is 17.3 Å². The molecule has 0 bridgehead atoms. The maximum atomic E-state index is 11.9. The SMILES string of the molecule is Cc1[nH]c(SCC(=O)NC[C@H]2CCCO2)nc1Cc1ccccc1. The van der Waals surface area contributed by atoms with Crippen LogP contribution in [0.2, 0.25) is 0 Å². The molecule has 0 saturated carbocycles. The number of aromatic nitrogens is 2. The van der Waals surface area contributed by atoms with Crippen LogP contribution in [0.3, 0.4) is 0 Å². The number of H-pyrrole nitrogens is 1. The van der Waals surface area contributed by atoms with E-state index < -0.39 is 0 Å². The van der Waals surface area contributed by atoms with Crippen molar-refractivity contribution in [2.45, 2.75) is 37.4 Å². The molecule has 1 atom stereocenters. The number of aryl methyl sites for hydroxylation is 1. The van der Waals surface area contributed by atoms with Gasteiger partial charge in [0, 0.05) is 25.3 Å². The molecule has 2 N–H and O–H groups in total. The molecule has 1 aliphatic heterocycles. The average Bonchev–Trinajstić information content (AvgIpc) is 3.22. The topological polar surface area (TPSA) is 67.0 Å². The van der Waals surface area contributed by atoms with Gasteiger partial charge in [0.2, 0.25) is 5.91 Å². The molecule has 1 saturated heterocycles. The maximum Gasteiger partial charge on any atom is 0.230 e. The third kappa shape index (κ3) is 4.85. The molecule has 2 heterocycles. The fourth-order valence-corrected chi connectivity index (χ4v) is 3.48. The van der Waals surface area contributed by atoms with Crippen LogP contribution < -0.4 is 5.32 Å². The van der Waals surface area contributed by atoms with Crippen LogP contribution in [0.1, 0.15) is 29.8 Å². The van der Waals surface area contributed by atoms with E-state index in [2.05, 4.69) is 27.4 Å². The van der Waals surface area contributed by atoms with Gasteiger partial charge in [0.05, 0.1) is 17.6 Å². The largest absolute Gasteiger partial charge is 0.376 e. The summed E-state index contributed by atoms with van der Waals surface area (Å²) in [6.07, 6.45) is 3.11. The van der Waals surface area contributed by atoms with Gasteiger partial charge >= 0.3 is 0 Å². The van der Waals surface area contributed by atoms with Gasteiger partial charge in [-0.2, -0.15) is 0 Å². The van der Waals surface area contributed by atoms with Crippen molar-refractivity contribution in [2.24, 2.45) is 0 Å². The molecule has 128 valence electrons. The monoisotopic (exact) mass is 345 g/mol. The summed E-state index contributed by atoms with van der Waals surface area (Å²) in [7, 11) is 0. The van der Waals surface area contributed by atoms with Crippen molar-refractivity contribution in [1.29, 1.82) is 0 Å². The molecule has 2 aromatic rings. The van der Waals surface area contributed by atoms with Gasteiger partial charge in [0.1, 0.15) is 0 Å². The van der Waals surface area contributed by atoms with E-state index in [1.54, 1.807) is 0 Å². The minimum atomic E-state index is 0.0224. The Hall–Kier alpha value is -1.79. The standard InChI is InChI=1S/C18H23N3O2S/c1-13-16(10-14-6-3-2-4-7-14)21-18(20-13)24-12-17(22)19-11-15-8-5-9-23-15/h2-4,6-7,15H,5,8-12H2,1H3,(H,19,22)(H,20,21)/t15-/m1/s1. The number of benzene rings is 1. The fraction of sp³-hybridized carbons (Fsp3) is 0.444. The van der Waals surface area contributed by atoms with Crippen LogP contribution >= 0.6 is 11.8 Å². The van der Waals surface area contributed by atoms with E-state index in [0.29, 0.717) is 12.3 Å². The van der Waals surface area contributed by atoms with Crippen molar-refractivity contribution in [3.63, 3.8) is 0 Å². The number of rotatable bonds is 7. The van der Waals surface area contributed by atoms with Crippen molar-refractivity contribution in [3.05, 3.63) is 47.3 Å². The van der Waals surface area contributed by atoms with E-state index in [-0.39, 0.29) is 12.0 Å². The van der Waals surface area contributed by atoms with Gasteiger partial charge in [-0.3, -0.25) is 4.79 Å². The number of nitrogens with zero attached hydrogens (tertiary/aromatic N) is 1. The van der Waals surface area contributed by atoms with Gasteiger partial charge in [-0.05, 0) is 25.3 Å². The summed E-state index contributed by atoms with van der Waals surface area (Å²) in [6.45, 7) is 3.44. The predicted octanol–water partition coefficient (Wildman–Crippen LogP) is 2.70. The van der Waals surface area contributed by atoms with Gasteiger partial charge in [0.15, 0.2) is 5.16 Å². The molecule has 5 nitrogen and oxygen atoms in total. The summed E-state index contributed by atoms with van der Waals surface area (Å²) in [6, 6.07) is 10.3. The van der Waals surface area contributed by atoms with Gasteiger partial charge in [-0.1, -0.05) is 42.1 Å². The molecule has 0 unspecified atom stereocenters. The third-order valence-corrected chi connectivity index (χ3v) is 4.94. The zero-order valence-corrected chi connectivity index (χ0v) is 14.7. The van der Waals surface area contributed by atoms with E-state index in [0.717, 1.165) is 42.4 Å². The first-order chi connectivity index (χ1) is 11.7. The summed E-state index contributed by atoms with van der Waals surface area (Å²) < 4.78 is 5.50. The van der Waals surface area contributed by atoms with Crippen molar-refractivity contribution in [1.82, 2.24) is 15.3 Å². The van der Waals surface area contributed by atoms with E-state index in [4.69, 9.17) is 4.74 Å².